The third-order valence-corrected chi connectivity index (χ3v) is 4.18. The fourth-order valence-electron chi connectivity index (χ4n) is 2.38. The van der Waals surface area contributed by atoms with Crippen LogP contribution in [0.25, 0.3) is 0 Å². The van der Waals surface area contributed by atoms with E-state index < -0.39 is 12.1 Å². The maximum absolute atomic E-state index is 12.3. The number of nitrogens with one attached hydrogen (secondary N) is 1. The van der Waals surface area contributed by atoms with Crippen molar-refractivity contribution in [1.82, 2.24) is 5.32 Å². The maximum atomic E-state index is 12.3. The number of rotatable bonds is 6. The minimum Gasteiger partial charge on any atom is -0.453 e. The fourth-order valence-corrected chi connectivity index (χ4v) is 2.38. The van der Waals surface area contributed by atoms with Gasteiger partial charge >= 0.3 is 5.97 Å². The molecule has 0 aliphatic rings. The van der Waals surface area contributed by atoms with Gasteiger partial charge in [-0.25, -0.2) is 0 Å². The van der Waals surface area contributed by atoms with Crippen LogP contribution in [0, 0.1) is 20.8 Å². The Morgan fingerprint density at radius 1 is 0.923 bits per heavy atom. The molecular weight excluding hydrogens is 330 g/mol. The van der Waals surface area contributed by atoms with Crippen LogP contribution in [-0.2, 0) is 9.53 Å². The quantitative estimate of drug-likeness (QED) is 0.640. The van der Waals surface area contributed by atoms with E-state index in [9.17, 15) is 14.4 Å². The second-order valence-corrected chi connectivity index (χ2v) is 6.34. The summed E-state index contributed by atoms with van der Waals surface area (Å²) < 4.78 is 5.12. The Kier molecular flexibility index (Phi) is 6.28. The Morgan fingerprint density at radius 2 is 1.54 bits per heavy atom. The van der Waals surface area contributed by atoms with E-state index in [0.717, 1.165) is 16.7 Å². The molecular formula is C21H23NO4. The summed E-state index contributed by atoms with van der Waals surface area (Å²) in [6.07, 6.45) is -0.913. The van der Waals surface area contributed by atoms with Crippen LogP contribution >= 0.6 is 0 Å². The highest BCUT2D eigenvalue weighted by Gasteiger charge is 2.20. The highest BCUT2D eigenvalue weighted by molar-refractivity contribution is 6.00. The Labute approximate surface area is 153 Å². The summed E-state index contributed by atoms with van der Waals surface area (Å²) in [6.45, 7) is 7.03. The van der Waals surface area contributed by atoms with Crippen molar-refractivity contribution in [3.05, 3.63) is 70.3 Å². The van der Waals surface area contributed by atoms with Crippen molar-refractivity contribution >= 4 is 17.7 Å². The number of ether oxygens (including phenoxy) is 1. The third-order valence-electron chi connectivity index (χ3n) is 4.18. The first-order valence-electron chi connectivity index (χ1n) is 8.43. The van der Waals surface area contributed by atoms with E-state index in [-0.39, 0.29) is 18.2 Å². The van der Waals surface area contributed by atoms with Crippen LogP contribution in [0.5, 0.6) is 0 Å². The van der Waals surface area contributed by atoms with Crippen molar-refractivity contribution < 1.29 is 19.1 Å². The van der Waals surface area contributed by atoms with Crippen LogP contribution < -0.4 is 5.32 Å². The van der Waals surface area contributed by atoms with Gasteiger partial charge in [0.05, 0.1) is 0 Å². The summed E-state index contributed by atoms with van der Waals surface area (Å²) in [6, 6.07) is 12.4. The van der Waals surface area contributed by atoms with E-state index in [1.165, 1.54) is 6.92 Å². The van der Waals surface area contributed by atoms with Gasteiger partial charge in [0.25, 0.3) is 5.91 Å². The lowest BCUT2D eigenvalue weighted by Crippen LogP contribution is -2.34. The lowest BCUT2D eigenvalue weighted by atomic mass is 10.1. The minimum absolute atomic E-state index is 0.279. The lowest BCUT2D eigenvalue weighted by molar-refractivity contribution is -0.145. The zero-order valence-electron chi connectivity index (χ0n) is 15.5. The van der Waals surface area contributed by atoms with Gasteiger partial charge in [0.2, 0.25) is 5.78 Å². The molecule has 0 unspecified atom stereocenters. The lowest BCUT2D eigenvalue weighted by Gasteiger charge is -2.13. The Morgan fingerprint density at radius 3 is 2.15 bits per heavy atom. The largest absolute Gasteiger partial charge is 0.453 e. The number of hydrogen-bond acceptors (Lipinski definition) is 4. The van der Waals surface area contributed by atoms with Crippen molar-refractivity contribution in [3.8, 4) is 0 Å². The van der Waals surface area contributed by atoms with Gasteiger partial charge < -0.3 is 10.1 Å². The van der Waals surface area contributed by atoms with E-state index in [1.807, 2.05) is 39.0 Å². The molecule has 1 atom stereocenters. The molecule has 0 aromatic heterocycles. The Balaban J connectivity index is 1.87. The van der Waals surface area contributed by atoms with Gasteiger partial charge in [-0.2, -0.15) is 0 Å². The molecule has 2 aromatic carbocycles. The van der Waals surface area contributed by atoms with E-state index >= 15 is 0 Å². The minimum atomic E-state index is -0.913. The number of benzene rings is 2. The van der Waals surface area contributed by atoms with E-state index in [4.69, 9.17) is 4.74 Å². The molecule has 136 valence electrons. The number of carbonyl (C=O) groups is 3. The molecule has 0 bridgehead atoms. The average Bonchev–Trinajstić information content (AvgIpc) is 2.62. The second kappa shape index (κ2) is 8.43. The molecule has 5 heteroatoms. The van der Waals surface area contributed by atoms with Crippen molar-refractivity contribution in [2.45, 2.75) is 33.8 Å². The molecule has 0 fully saturated rings. The van der Waals surface area contributed by atoms with Crippen LogP contribution in [0.15, 0.2) is 42.5 Å². The standard InChI is InChI=1S/C21H23NO4/c1-13-5-8-17(9-6-13)20(24)16(4)26-19(23)12-22-21(25)18-10-7-14(2)15(3)11-18/h5-11,16H,12H2,1-4H3,(H,22,25)/t16-/m1/s1. The van der Waals surface area contributed by atoms with Crippen molar-refractivity contribution in [3.63, 3.8) is 0 Å². The van der Waals surface area contributed by atoms with Gasteiger partial charge in [-0.3, -0.25) is 14.4 Å². The molecule has 0 saturated heterocycles. The maximum Gasteiger partial charge on any atom is 0.326 e. The summed E-state index contributed by atoms with van der Waals surface area (Å²) in [5.74, 6) is -1.29. The first-order chi connectivity index (χ1) is 12.3. The number of aryl methyl sites for hydroxylation is 3. The monoisotopic (exact) mass is 353 g/mol. The fraction of sp³-hybridized carbons (Fsp3) is 0.286. The van der Waals surface area contributed by atoms with Gasteiger partial charge in [-0.1, -0.05) is 35.9 Å². The summed E-state index contributed by atoms with van der Waals surface area (Å²) in [7, 11) is 0. The van der Waals surface area contributed by atoms with E-state index in [1.54, 1.807) is 24.3 Å². The molecule has 2 rings (SSSR count). The molecule has 1 amide bonds. The van der Waals surface area contributed by atoms with E-state index in [2.05, 4.69) is 5.32 Å². The summed E-state index contributed by atoms with van der Waals surface area (Å²) >= 11 is 0. The van der Waals surface area contributed by atoms with Crippen molar-refractivity contribution in [1.29, 1.82) is 0 Å². The van der Waals surface area contributed by atoms with E-state index in [0.29, 0.717) is 11.1 Å². The average molecular weight is 353 g/mol. The van der Waals surface area contributed by atoms with Crippen LogP contribution in [0.2, 0.25) is 0 Å². The highest BCUT2D eigenvalue weighted by Crippen LogP contribution is 2.10. The second-order valence-electron chi connectivity index (χ2n) is 6.34. The molecule has 2 aromatic rings. The van der Waals surface area contributed by atoms with Gasteiger partial charge in [-0.15, -0.1) is 0 Å². The number of esters is 1. The number of hydrogen-bond donors (Lipinski definition) is 1. The molecule has 0 saturated carbocycles. The Bertz CT molecular complexity index is 824. The smallest absolute Gasteiger partial charge is 0.326 e. The molecule has 26 heavy (non-hydrogen) atoms. The number of ketones is 1. The number of amides is 1. The van der Waals surface area contributed by atoms with Crippen molar-refractivity contribution in [2.24, 2.45) is 0 Å². The van der Waals surface area contributed by atoms with Crippen LogP contribution in [0.3, 0.4) is 0 Å². The zero-order chi connectivity index (χ0) is 19.3. The van der Waals surface area contributed by atoms with Crippen LogP contribution in [-0.4, -0.2) is 30.3 Å². The molecule has 0 aliphatic heterocycles. The number of carbonyl (C=O) groups excluding carboxylic acids is 3. The first kappa shape index (κ1) is 19.4. The molecule has 0 heterocycles. The van der Waals surface area contributed by atoms with Gasteiger partial charge in [0.1, 0.15) is 6.54 Å². The summed E-state index contributed by atoms with van der Waals surface area (Å²) in [4.78, 5) is 36.3. The van der Waals surface area contributed by atoms with Gasteiger partial charge in [-0.05, 0) is 51.0 Å². The number of Topliss-reactive ketones (excluding diaryl/α,β-unsaturated/α-hetero) is 1. The summed E-state index contributed by atoms with van der Waals surface area (Å²) in [5, 5.41) is 2.51. The first-order valence-corrected chi connectivity index (χ1v) is 8.43. The van der Waals surface area contributed by atoms with Gasteiger partial charge in [0, 0.05) is 11.1 Å². The topological polar surface area (TPSA) is 72.5 Å². The van der Waals surface area contributed by atoms with Crippen LogP contribution in [0.4, 0.5) is 0 Å². The predicted molar refractivity (Wildman–Crippen MR) is 99.3 cm³/mol. The highest BCUT2D eigenvalue weighted by atomic mass is 16.5. The molecule has 5 nitrogen and oxygen atoms in total. The van der Waals surface area contributed by atoms with Crippen molar-refractivity contribution in [2.75, 3.05) is 6.54 Å². The molecule has 0 aliphatic carbocycles. The third kappa shape index (κ3) is 5.02. The predicted octanol–water partition coefficient (Wildman–Crippen LogP) is 3.16. The molecule has 0 spiro atoms. The molecule has 1 N–H and O–H groups in total. The normalized spacial score (nSPS) is 11.5. The molecule has 0 radical (unpaired) electrons. The Hall–Kier alpha value is -2.95. The SMILES string of the molecule is Cc1ccc(C(=O)[C@@H](C)OC(=O)CNC(=O)c2ccc(C)c(C)c2)cc1. The zero-order valence-corrected chi connectivity index (χ0v) is 15.5. The summed E-state index contributed by atoms with van der Waals surface area (Å²) in [5.41, 5.74) is 4.09. The van der Waals surface area contributed by atoms with Gasteiger partial charge in [0.15, 0.2) is 6.10 Å². The van der Waals surface area contributed by atoms with Crippen LogP contribution in [0.1, 0.15) is 44.3 Å².